The highest BCUT2D eigenvalue weighted by molar-refractivity contribution is 5.34. The first kappa shape index (κ1) is 9.69. The molecule has 1 N–H and O–H groups in total. The molecule has 0 atom stereocenters. The quantitative estimate of drug-likeness (QED) is 0.791. The lowest BCUT2D eigenvalue weighted by Crippen LogP contribution is -2.02. The van der Waals surface area contributed by atoms with Crippen LogP contribution in [0, 0.1) is 0 Å². The van der Waals surface area contributed by atoms with Crippen LogP contribution in [0.25, 0.3) is 0 Å². The summed E-state index contributed by atoms with van der Waals surface area (Å²) < 4.78 is 5.57. The van der Waals surface area contributed by atoms with E-state index in [1.807, 2.05) is 0 Å². The Morgan fingerprint density at radius 1 is 1.29 bits per heavy atom. The second-order valence-corrected chi connectivity index (χ2v) is 4.07. The van der Waals surface area contributed by atoms with Crippen molar-refractivity contribution in [3.8, 4) is 0 Å². The molecular formula is C12H17NO. The first-order chi connectivity index (χ1) is 6.75. The van der Waals surface area contributed by atoms with Gasteiger partial charge in [-0.25, -0.2) is 0 Å². The largest absolute Gasteiger partial charge is 0.374 e. The van der Waals surface area contributed by atoms with E-state index in [4.69, 9.17) is 4.74 Å². The molecule has 1 aromatic rings. The maximum atomic E-state index is 5.57. The average Bonchev–Trinajstić information content (AvgIpc) is 2.61. The standard InChI is InChI=1S/C12H17NO/c1-9(2)14-8-10-3-4-11-6-13-7-12(11)5-10/h3-5,9,13H,6-8H2,1-2H3. The summed E-state index contributed by atoms with van der Waals surface area (Å²) in [6.45, 7) is 6.88. The molecule has 0 amide bonds. The van der Waals surface area contributed by atoms with Gasteiger partial charge in [0.05, 0.1) is 12.7 Å². The predicted molar refractivity (Wildman–Crippen MR) is 56.9 cm³/mol. The third-order valence-electron chi connectivity index (χ3n) is 2.48. The molecule has 0 aromatic heterocycles. The van der Waals surface area contributed by atoms with Crippen molar-refractivity contribution in [2.75, 3.05) is 0 Å². The van der Waals surface area contributed by atoms with Crippen molar-refractivity contribution in [2.24, 2.45) is 0 Å². The topological polar surface area (TPSA) is 21.3 Å². The Morgan fingerprint density at radius 2 is 2.07 bits per heavy atom. The van der Waals surface area contributed by atoms with Crippen molar-refractivity contribution in [1.29, 1.82) is 0 Å². The highest BCUT2D eigenvalue weighted by Crippen LogP contribution is 2.17. The van der Waals surface area contributed by atoms with E-state index in [0.717, 1.165) is 19.7 Å². The molecule has 0 aliphatic carbocycles. The molecular weight excluding hydrogens is 174 g/mol. The first-order valence-corrected chi connectivity index (χ1v) is 5.18. The van der Waals surface area contributed by atoms with E-state index in [9.17, 15) is 0 Å². The molecule has 2 heteroatoms. The molecule has 76 valence electrons. The van der Waals surface area contributed by atoms with Crippen molar-refractivity contribution >= 4 is 0 Å². The maximum Gasteiger partial charge on any atom is 0.0720 e. The fraction of sp³-hybridized carbons (Fsp3) is 0.500. The Balaban J connectivity index is 2.05. The van der Waals surface area contributed by atoms with E-state index in [1.165, 1.54) is 16.7 Å². The van der Waals surface area contributed by atoms with Crippen LogP contribution in [0.1, 0.15) is 30.5 Å². The molecule has 14 heavy (non-hydrogen) atoms. The molecule has 2 nitrogen and oxygen atoms in total. The fourth-order valence-corrected chi connectivity index (χ4v) is 1.70. The molecule has 2 rings (SSSR count). The highest BCUT2D eigenvalue weighted by Gasteiger charge is 2.09. The van der Waals surface area contributed by atoms with E-state index in [2.05, 4.69) is 37.4 Å². The van der Waals surface area contributed by atoms with Gasteiger partial charge in [0.25, 0.3) is 0 Å². The zero-order valence-corrected chi connectivity index (χ0v) is 8.84. The molecule has 0 fully saturated rings. The van der Waals surface area contributed by atoms with Gasteiger partial charge >= 0.3 is 0 Å². The van der Waals surface area contributed by atoms with Crippen LogP contribution in [0.15, 0.2) is 18.2 Å². The summed E-state index contributed by atoms with van der Waals surface area (Å²) in [7, 11) is 0. The summed E-state index contributed by atoms with van der Waals surface area (Å²) in [4.78, 5) is 0. The van der Waals surface area contributed by atoms with E-state index >= 15 is 0 Å². The van der Waals surface area contributed by atoms with E-state index < -0.39 is 0 Å². The van der Waals surface area contributed by atoms with Gasteiger partial charge in [0, 0.05) is 13.1 Å². The van der Waals surface area contributed by atoms with Gasteiger partial charge in [0.1, 0.15) is 0 Å². The van der Waals surface area contributed by atoms with E-state index in [0.29, 0.717) is 6.10 Å². The number of nitrogens with one attached hydrogen (secondary N) is 1. The van der Waals surface area contributed by atoms with Gasteiger partial charge in [-0.3, -0.25) is 0 Å². The summed E-state index contributed by atoms with van der Waals surface area (Å²) in [6, 6.07) is 6.61. The Bertz CT molecular complexity index is 320. The second kappa shape index (κ2) is 4.11. The van der Waals surface area contributed by atoms with E-state index in [-0.39, 0.29) is 0 Å². The summed E-state index contributed by atoms with van der Waals surface area (Å²) in [5, 5.41) is 3.34. The molecule has 1 heterocycles. The van der Waals surface area contributed by atoms with E-state index in [1.54, 1.807) is 0 Å². The van der Waals surface area contributed by atoms with Crippen LogP contribution in [-0.4, -0.2) is 6.10 Å². The number of hydrogen-bond donors (Lipinski definition) is 1. The smallest absolute Gasteiger partial charge is 0.0720 e. The van der Waals surface area contributed by atoms with Crippen molar-refractivity contribution in [1.82, 2.24) is 5.32 Å². The third-order valence-corrected chi connectivity index (χ3v) is 2.48. The highest BCUT2D eigenvalue weighted by atomic mass is 16.5. The van der Waals surface area contributed by atoms with Gasteiger partial charge in [-0.15, -0.1) is 0 Å². The molecule has 0 spiro atoms. The van der Waals surface area contributed by atoms with Crippen LogP contribution >= 0.6 is 0 Å². The lowest BCUT2D eigenvalue weighted by atomic mass is 10.1. The first-order valence-electron chi connectivity index (χ1n) is 5.18. The van der Waals surface area contributed by atoms with Gasteiger partial charge in [-0.1, -0.05) is 18.2 Å². The molecule has 0 saturated heterocycles. The molecule has 0 bridgehead atoms. The van der Waals surface area contributed by atoms with Crippen molar-refractivity contribution < 1.29 is 4.74 Å². The average molecular weight is 191 g/mol. The number of ether oxygens (including phenoxy) is 1. The minimum absolute atomic E-state index is 0.307. The summed E-state index contributed by atoms with van der Waals surface area (Å²) in [5.41, 5.74) is 4.13. The molecule has 1 aliphatic heterocycles. The van der Waals surface area contributed by atoms with Crippen LogP contribution in [0.4, 0.5) is 0 Å². The Morgan fingerprint density at radius 3 is 2.86 bits per heavy atom. The minimum Gasteiger partial charge on any atom is -0.374 e. The monoisotopic (exact) mass is 191 g/mol. The molecule has 0 radical (unpaired) electrons. The normalized spacial score (nSPS) is 14.8. The number of rotatable bonds is 3. The zero-order valence-electron chi connectivity index (χ0n) is 8.84. The minimum atomic E-state index is 0.307. The summed E-state index contributed by atoms with van der Waals surface area (Å²) in [6.07, 6.45) is 0.307. The summed E-state index contributed by atoms with van der Waals surface area (Å²) >= 11 is 0. The number of benzene rings is 1. The Kier molecular flexibility index (Phi) is 2.85. The summed E-state index contributed by atoms with van der Waals surface area (Å²) in [5.74, 6) is 0. The Hall–Kier alpha value is -0.860. The lowest BCUT2D eigenvalue weighted by Gasteiger charge is -2.08. The molecule has 0 saturated carbocycles. The van der Waals surface area contributed by atoms with Crippen LogP contribution in [0.2, 0.25) is 0 Å². The number of hydrogen-bond acceptors (Lipinski definition) is 2. The second-order valence-electron chi connectivity index (χ2n) is 4.07. The fourth-order valence-electron chi connectivity index (χ4n) is 1.70. The molecule has 1 aliphatic rings. The van der Waals surface area contributed by atoms with Crippen LogP contribution < -0.4 is 5.32 Å². The predicted octanol–water partition coefficient (Wildman–Crippen LogP) is 2.21. The molecule has 0 unspecified atom stereocenters. The van der Waals surface area contributed by atoms with Crippen molar-refractivity contribution in [3.63, 3.8) is 0 Å². The Labute approximate surface area is 85.3 Å². The van der Waals surface area contributed by atoms with Crippen LogP contribution in [-0.2, 0) is 24.4 Å². The van der Waals surface area contributed by atoms with Gasteiger partial charge < -0.3 is 10.1 Å². The van der Waals surface area contributed by atoms with Gasteiger partial charge in [-0.05, 0) is 30.5 Å². The van der Waals surface area contributed by atoms with Crippen LogP contribution in [0.3, 0.4) is 0 Å². The van der Waals surface area contributed by atoms with Gasteiger partial charge in [0.2, 0.25) is 0 Å². The number of fused-ring (bicyclic) bond motifs is 1. The molecule has 1 aromatic carbocycles. The maximum absolute atomic E-state index is 5.57. The van der Waals surface area contributed by atoms with Gasteiger partial charge in [-0.2, -0.15) is 0 Å². The lowest BCUT2D eigenvalue weighted by molar-refractivity contribution is 0.0657. The SMILES string of the molecule is CC(C)OCc1ccc2c(c1)CNC2. The third kappa shape index (κ3) is 2.14. The zero-order chi connectivity index (χ0) is 9.97. The van der Waals surface area contributed by atoms with Crippen molar-refractivity contribution in [2.45, 2.75) is 39.6 Å². The van der Waals surface area contributed by atoms with Crippen LogP contribution in [0.5, 0.6) is 0 Å². The van der Waals surface area contributed by atoms with Gasteiger partial charge in [0.15, 0.2) is 0 Å². The van der Waals surface area contributed by atoms with Crippen molar-refractivity contribution in [3.05, 3.63) is 34.9 Å².